The first-order valence-corrected chi connectivity index (χ1v) is 7.00. The summed E-state index contributed by atoms with van der Waals surface area (Å²) in [7, 11) is 3.16. The van der Waals surface area contributed by atoms with E-state index < -0.39 is 5.60 Å². The molecule has 3 nitrogen and oxygen atoms in total. The molecule has 2 rings (SSSR count). The molecule has 2 aromatic carbocycles. The van der Waals surface area contributed by atoms with Crippen LogP contribution in [0, 0.1) is 0 Å². The second-order valence-electron chi connectivity index (χ2n) is 4.59. The third-order valence-corrected chi connectivity index (χ3v) is 4.00. The zero-order valence-corrected chi connectivity index (χ0v) is 13.3. The van der Waals surface area contributed by atoms with Crippen molar-refractivity contribution in [3.05, 3.63) is 58.1 Å². The van der Waals surface area contributed by atoms with Gasteiger partial charge in [-0.1, -0.05) is 40.2 Å². The van der Waals surface area contributed by atoms with Crippen LogP contribution in [0.3, 0.4) is 0 Å². The van der Waals surface area contributed by atoms with Crippen LogP contribution in [-0.4, -0.2) is 19.3 Å². The van der Waals surface area contributed by atoms with Crippen molar-refractivity contribution in [1.29, 1.82) is 0 Å². The van der Waals surface area contributed by atoms with Gasteiger partial charge >= 0.3 is 0 Å². The highest BCUT2D eigenvalue weighted by Crippen LogP contribution is 2.43. The minimum absolute atomic E-state index is 0.588. The maximum absolute atomic E-state index is 11.1. The predicted octanol–water partition coefficient (Wildman–Crippen LogP) is 3.72. The minimum atomic E-state index is -1.24. The number of ether oxygens (including phenoxy) is 2. The SMILES string of the molecule is COc1cccc(OC)c1C(C)(O)c1ccccc1Br. The maximum atomic E-state index is 11.1. The van der Waals surface area contributed by atoms with E-state index in [0.717, 1.165) is 10.0 Å². The Hall–Kier alpha value is -1.52. The number of benzene rings is 2. The number of rotatable bonds is 4. The fourth-order valence-electron chi connectivity index (χ4n) is 2.32. The van der Waals surface area contributed by atoms with Gasteiger partial charge in [0, 0.05) is 10.0 Å². The smallest absolute Gasteiger partial charge is 0.129 e. The molecule has 0 heterocycles. The minimum Gasteiger partial charge on any atom is -0.496 e. The zero-order valence-electron chi connectivity index (χ0n) is 11.7. The molecule has 0 saturated carbocycles. The van der Waals surface area contributed by atoms with Crippen molar-refractivity contribution >= 4 is 15.9 Å². The summed E-state index contributed by atoms with van der Waals surface area (Å²) >= 11 is 3.48. The average Bonchev–Trinajstić information content (AvgIpc) is 2.46. The second kappa shape index (κ2) is 5.85. The highest BCUT2D eigenvalue weighted by Gasteiger charge is 2.33. The van der Waals surface area contributed by atoms with Gasteiger partial charge in [0.1, 0.15) is 17.1 Å². The van der Waals surface area contributed by atoms with Crippen molar-refractivity contribution in [2.75, 3.05) is 14.2 Å². The zero-order chi connectivity index (χ0) is 14.8. The lowest BCUT2D eigenvalue weighted by molar-refractivity contribution is 0.0948. The highest BCUT2D eigenvalue weighted by atomic mass is 79.9. The van der Waals surface area contributed by atoms with Gasteiger partial charge in [-0.3, -0.25) is 0 Å². The van der Waals surface area contributed by atoms with E-state index in [9.17, 15) is 5.11 Å². The molecule has 4 heteroatoms. The molecule has 2 aromatic rings. The highest BCUT2D eigenvalue weighted by molar-refractivity contribution is 9.10. The van der Waals surface area contributed by atoms with Crippen molar-refractivity contribution in [2.24, 2.45) is 0 Å². The summed E-state index contributed by atoms with van der Waals surface area (Å²) < 4.78 is 11.6. The molecule has 0 aliphatic heterocycles. The summed E-state index contributed by atoms with van der Waals surface area (Å²) in [5.74, 6) is 1.18. The van der Waals surface area contributed by atoms with E-state index in [1.165, 1.54) is 0 Å². The van der Waals surface area contributed by atoms with Crippen LogP contribution in [0.15, 0.2) is 46.9 Å². The monoisotopic (exact) mass is 336 g/mol. The molecule has 106 valence electrons. The van der Waals surface area contributed by atoms with E-state index in [4.69, 9.17) is 9.47 Å². The standard InChI is InChI=1S/C16H17BrO3/c1-16(18,11-7-4-5-8-12(11)17)15-13(19-2)9-6-10-14(15)20-3/h4-10,18H,1-3H3. The van der Waals surface area contributed by atoms with Crippen LogP contribution in [-0.2, 0) is 5.60 Å². The van der Waals surface area contributed by atoms with Gasteiger partial charge in [0.05, 0.1) is 19.8 Å². The molecule has 0 fully saturated rings. The summed E-state index contributed by atoms with van der Waals surface area (Å²) in [6.07, 6.45) is 0. The Morgan fingerprint density at radius 3 is 2.00 bits per heavy atom. The fraction of sp³-hybridized carbons (Fsp3) is 0.250. The first-order chi connectivity index (χ1) is 9.52. The molecule has 0 aliphatic carbocycles. The van der Waals surface area contributed by atoms with Crippen LogP contribution >= 0.6 is 15.9 Å². The van der Waals surface area contributed by atoms with Gasteiger partial charge in [-0.2, -0.15) is 0 Å². The van der Waals surface area contributed by atoms with Crippen molar-refractivity contribution in [2.45, 2.75) is 12.5 Å². The van der Waals surface area contributed by atoms with Crippen LogP contribution in [0.4, 0.5) is 0 Å². The Bertz CT molecular complexity index is 586. The molecule has 1 atom stereocenters. The van der Waals surface area contributed by atoms with Gasteiger partial charge in [-0.25, -0.2) is 0 Å². The van der Waals surface area contributed by atoms with Crippen molar-refractivity contribution in [3.8, 4) is 11.5 Å². The molecule has 0 amide bonds. The largest absolute Gasteiger partial charge is 0.496 e. The molecular formula is C16H17BrO3. The fourth-order valence-corrected chi connectivity index (χ4v) is 2.99. The second-order valence-corrected chi connectivity index (χ2v) is 5.44. The molecule has 0 aromatic heterocycles. The maximum Gasteiger partial charge on any atom is 0.129 e. The molecule has 1 unspecified atom stereocenters. The van der Waals surface area contributed by atoms with E-state index >= 15 is 0 Å². The quantitative estimate of drug-likeness (QED) is 0.924. The molecular weight excluding hydrogens is 320 g/mol. The molecule has 0 bridgehead atoms. The summed E-state index contributed by atoms with van der Waals surface area (Å²) in [4.78, 5) is 0. The molecule has 1 N–H and O–H groups in total. The summed E-state index contributed by atoms with van der Waals surface area (Å²) in [6.45, 7) is 1.73. The molecule has 0 spiro atoms. The van der Waals surface area contributed by atoms with Gasteiger partial charge in [-0.15, -0.1) is 0 Å². The molecule has 20 heavy (non-hydrogen) atoms. The Balaban J connectivity index is 2.68. The van der Waals surface area contributed by atoms with Gasteiger partial charge in [0.25, 0.3) is 0 Å². The van der Waals surface area contributed by atoms with E-state index in [1.54, 1.807) is 21.1 Å². The number of hydrogen-bond donors (Lipinski definition) is 1. The van der Waals surface area contributed by atoms with Crippen molar-refractivity contribution < 1.29 is 14.6 Å². The summed E-state index contributed by atoms with van der Waals surface area (Å²) in [5.41, 5.74) is 0.123. The lowest BCUT2D eigenvalue weighted by Gasteiger charge is -2.28. The Morgan fingerprint density at radius 1 is 0.950 bits per heavy atom. The summed E-state index contributed by atoms with van der Waals surface area (Å²) in [5, 5.41) is 11.1. The third kappa shape index (κ3) is 2.53. The number of methoxy groups -OCH3 is 2. The van der Waals surface area contributed by atoms with E-state index in [1.807, 2.05) is 42.5 Å². The summed E-state index contributed by atoms with van der Waals surface area (Å²) in [6, 6.07) is 13.0. The van der Waals surface area contributed by atoms with Gasteiger partial charge in [0.2, 0.25) is 0 Å². The van der Waals surface area contributed by atoms with Crippen LogP contribution in [0.25, 0.3) is 0 Å². The van der Waals surface area contributed by atoms with Crippen LogP contribution in [0.1, 0.15) is 18.1 Å². The first-order valence-electron chi connectivity index (χ1n) is 6.21. The van der Waals surface area contributed by atoms with E-state index in [0.29, 0.717) is 17.1 Å². The number of hydrogen-bond acceptors (Lipinski definition) is 3. The first kappa shape index (κ1) is 14.9. The molecule has 0 saturated heterocycles. The van der Waals surface area contributed by atoms with Crippen LogP contribution in [0.2, 0.25) is 0 Å². The normalized spacial score (nSPS) is 13.7. The van der Waals surface area contributed by atoms with Gasteiger partial charge < -0.3 is 14.6 Å². The lowest BCUT2D eigenvalue weighted by Crippen LogP contribution is -2.25. The third-order valence-electron chi connectivity index (χ3n) is 3.31. The van der Waals surface area contributed by atoms with E-state index in [-0.39, 0.29) is 0 Å². The molecule has 0 aliphatic rings. The lowest BCUT2D eigenvalue weighted by atomic mass is 9.87. The van der Waals surface area contributed by atoms with E-state index in [2.05, 4.69) is 15.9 Å². The topological polar surface area (TPSA) is 38.7 Å². The van der Waals surface area contributed by atoms with Crippen molar-refractivity contribution in [1.82, 2.24) is 0 Å². The van der Waals surface area contributed by atoms with Gasteiger partial charge in [-0.05, 0) is 25.1 Å². The predicted molar refractivity (Wildman–Crippen MR) is 82.4 cm³/mol. The Labute approximate surface area is 127 Å². The Morgan fingerprint density at radius 2 is 1.50 bits per heavy atom. The van der Waals surface area contributed by atoms with Crippen molar-refractivity contribution in [3.63, 3.8) is 0 Å². The Kier molecular flexibility index (Phi) is 4.35. The molecule has 0 radical (unpaired) electrons. The number of aliphatic hydroxyl groups is 1. The average molecular weight is 337 g/mol. The van der Waals surface area contributed by atoms with Gasteiger partial charge in [0.15, 0.2) is 0 Å². The van der Waals surface area contributed by atoms with Crippen LogP contribution < -0.4 is 9.47 Å². The van der Waals surface area contributed by atoms with Crippen LogP contribution in [0.5, 0.6) is 11.5 Å². The number of halogens is 1.